The maximum atomic E-state index is 12.7. The van der Waals surface area contributed by atoms with Crippen LogP contribution in [0.5, 0.6) is 0 Å². The molecule has 0 bridgehead atoms. The van der Waals surface area contributed by atoms with Crippen LogP contribution in [0, 0.1) is 0 Å². The van der Waals surface area contributed by atoms with Crippen LogP contribution < -0.4 is 5.73 Å². The first kappa shape index (κ1) is 10.8. The van der Waals surface area contributed by atoms with Crippen molar-refractivity contribution in [3.8, 4) is 0 Å². The lowest BCUT2D eigenvalue weighted by atomic mass is 10.3. The largest absolute Gasteiger partial charge is 0.435 e. The van der Waals surface area contributed by atoms with Gasteiger partial charge in [-0.25, -0.2) is 4.68 Å². The van der Waals surface area contributed by atoms with Crippen molar-refractivity contribution in [3.63, 3.8) is 0 Å². The zero-order valence-corrected chi connectivity index (χ0v) is 8.47. The molecule has 2 aromatic rings. The molecule has 88 valence electrons. The van der Waals surface area contributed by atoms with Gasteiger partial charge in [0.15, 0.2) is 11.3 Å². The predicted octanol–water partition coefficient (Wildman–Crippen LogP) is 1.77. The molecule has 0 saturated heterocycles. The minimum Gasteiger partial charge on any atom is -0.383 e. The highest BCUT2D eigenvalue weighted by Crippen LogP contribution is 2.35. The van der Waals surface area contributed by atoms with Crippen molar-refractivity contribution in [2.24, 2.45) is 0 Å². The predicted molar refractivity (Wildman–Crippen MR) is 51.6 cm³/mol. The standard InChI is InChI=1S/C8H10F3N5/c1-2-3-16-7-4(6(12)13-14-7)5(15-16)8(9,10)11/h2-3H2,1H3,(H3,12,13,14). The van der Waals surface area contributed by atoms with Gasteiger partial charge in [0, 0.05) is 6.54 Å². The van der Waals surface area contributed by atoms with Crippen LogP contribution in [0.4, 0.5) is 19.0 Å². The molecule has 2 aromatic heterocycles. The normalized spacial score (nSPS) is 12.5. The summed E-state index contributed by atoms with van der Waals surface area (Å²) in [6.45, 7) is 2.22. The van der Waals surface area contributed by atoms with E-state index >= 15 is 0 Å². The van der Waals surface area contributed by atoms with Crippen LogP contribution in [-0.4, -0.2) is 20.0 Å². The number of nitrogen functional groups attached to an aromatic ring is 1. The van der Waals surface area contributed by atoms with Gasteiger partial charge in [-0.2, -0.15) is 23.4 Å². The van der Waals surface area contributed by atoms with E-state index in [4.69, 9.17) is 5.73 Å². The van der Waals surface area contributed by atoms with Crippen molar-refractivity contribution < 1.29 is 13.2 Å². The number of H-pyrrole nitrogens is 1. The number of nitrogens with one attached hydrogen (secondary N) is 1. The number of nitrogens with zero attached hydrogens (tertiary/aromatic N) is 3. The third kappa shape index (κ3) is 1.50. The molecular weight excluding hydrogens is 223 g/mol. The van der Waals surface area contributed by atoms with Crippen LogP contribution in [-0.2, 0) is 12.7 Å². The van der Waals surface area contributed by atoms with Crippen LogP contribution in [0.25, 0.3) is 11.0 Å². The minimum atomic E-state index is -4.52. The zero-order valence-electron chi connectivity index (χ0n) is 8.47. The molecule has 0 saturated carbocycles. The summed E-state index contributed by atoms with van der Waals surface area (Å²) in [5.41, 5.74) is 4.57. The zero-order chi connectivity index (χ0) is 11.9. The van der Waals surface area contributed by atoms with Crippen molar-refractivity contribution in [1.29, 1.82) is 0 Å². The molecule has 8 heteroatoms. The molecule has 0 aliphatic rings. The van der Waals surface area contributed by atoms with E-state index in [-0.39, 0.29) is 16.9 Å². The summed E-state index contributed by atoms with van der Waals surface area (Å²) in [4.78, 5) is 0. The quantitative estimate of drug-likeness (QED) is 0.830. The molecule has 16 heavy (non-hydrogen) atoms. The molecule has 2 rings (SSSR count). The van der Waals surface area contributed by atoms with Gasteiger partial charge in [-0.05, 0) is 6.42 Å². The summed E-state index contributed by atoms with van der Waals surface area (Å²) >= 11 is 0. The third-order valence-electron chi connectivity index (χ3n) is 2.18. The molecule has 0 fully saturated rings. The fraction of sp³-hybridized carbons (Fsp3) is 0.500. The molecule has 0 spiro atoms. The van der Waals surface area contributed by atoms with Crippen molar-refractivity contribution in [3.05, 3.63) is 5.69 Å². The molecule has 0 amide bonds. The average molecular weight is 233 g/mol. The summed E-state index contributed by atoms with van der Waals surface area (Å²) in [6, 6.07) is 0. The number of fused-ring (bicyclic) bond motifs is 1. The van der Waals surface area contributed by atoms with E-state index in [1.165, 1.54) is 4.68 Å². The molecule has 0 radical (unpaired) electrons. The number of hydrogen-bond donors (Lipinski definition) is 2. The van der Waals surface area contributed by atoms with Gasteiger partial charge in [0.05, 0.1) is 5.39 Å². The second kappa shape index (κ2) is 3.39. The van der Waals surface area contributed by atoms with Crippen molar-refractivity contribution in [1.82, 2.24) is 20.0 Å². The summed E-state index contributed by atoms with van der Waals surface area (Å²) in [7, 11) is 0. The molecule has 5 nitrogen and oxygen atoms in total. The van der Waals surface area contributed by atoms with Crippen molar-refractivity contribution in [2.45, 2.75) is 26.1 Å². The Hall–Kier alpha value is -1.73. The Morgan fingerprint density at radius 1 is 1.44 bits per heavy atom. The molecule has 2 heterocycles. The van der Waals surface area contributed by atoms with E-state index in [1.54, 1.807) is 0 Å². The second-order valence-electron chi connectivity index (χ2n) is 3.41. The molecule has 0 aromatic carbocycles. The molecule has 0 unspecified atom stereocenters. The Kier molecular flexibility index (Phi) is 2.28. The van der Waals surface area contributed by atoms with Crippen LogP contribution in [0.2, 0.25) is 0 Å². The number of aryl methyl sites for hydroxylation is 1. The number of hydrogen-bond acceptors (Lipinski definition) is 3. The van der Waals surface area contributed by atoms with E-state index in [0.29, 0.717) is 13.0 Å². The maximum absolute atomic E-state index is 12.7. The number of anilines is 1. The third-order valence-corrected chi connectivity index (χ3v) is 2.18. The van der Waals surface area contributed by atoms with Crippen molar-refractivity contribution >= 4 is 16.9 Å². The number of alkyl halides is 3. The van der Waals surface area contributed by atoms with Gasteiger partial charge < -0.3 is 5.73 Å². The summed E-state index contributed by atoms with van der Waals surface area (Å²) in [6.07, 6.45) is -3.85. The highest BCUT2D eigenvalue weighted by atomic mass is 19.4. The van der Waals surface area contributed by atoms with Gasteiger partial charge >= 0.3 is 6.18 Å². The number of aromatic nitrogens is 4. The maximum Gasteiger partial charge on any atom is 0.435 e. The first-order chi connectivity index (χ1) is 7.45. The Labute approximate surface area is 88.4 Å². The SMILES string of the molecule is CCCn1nc(C(F)(F)F)c2c(N)[nH]nc21. The van der Waals surface area contributed by atoms with Crippen LogP contribution in [0.15, 0.2) is 0 Å². The topological polar surface area (TPSA) is 72.5 Å². The lowest BCUT2D eigenvalue weighted by Gasteiger charge is -2.02. The molecule has 0 aliphatic heterocycles. The van der Waals surface area contributed by atoms with Crippen molar-refractivity contribution in [2.75, 3.05) is 5.73 Å². The second-order valence-corrected chi connectivity index (χ2v) is 3.41. The fourth-order valence-corrected chi connectivity index (χ4v) is 1.55. The van der Waals surface area contributed by atoms with E-state index in [9.17, 15) is 13.2 Å². The smallest absolute Gasteiger partial charge is 0.383 e. The molecule has 0 atom stereocenters. The Morgan fingerprint density at radius 3 is 2.69 bits per heavy atom. The number of halogens is 3. The van der Waals surface area contributed by atoms with Crippen LogP contribution >= 0.6 is 0 Å². The van der Waals surface area contributed by atoms with Gasteiger partial charge in [-0.1, -0.05) is 6.92 Å². The van der Waals surface area contributed by atoms with Crippen LogP contribution in [0.1, 0.15) is 19.0 Å². The number of aromatic amines is 1. The van der Waals surface area contributed by atoms with Gasteiger partial charge in [-0.3, -0.25) is 5.10 Å². The lowest BCUT2D eigenvalue weighted by molar-refractivity contribution is -0.140. The van der Waals surface area contributed by atoms with E-state index in [0.717, 1.165) is 0 Å². The van der Waals surface area contributed by atoms with Crippen LogP contribution in [0.3, 0.4) is 0 Å². The average Bonchev–Trinajstić information content (AvgIpc) is 2.69. The number of rotatable bonds is 2. The Bertz CT molecular complexity index is 509. The van der Waals surface area contributed by atoms with Gasteiger partial charge in [0.2, 0.25) is 0 Å². The summed E-state index contributed by atoms with van der Waals surface area (Å²) < 4.78 is 39.2. The van der Waals surface area contributed by atoms with Gasteiger partial charge in [-0.15, -0.1) is 0 Å². The minimum absolute atomic E-state index is 0.107. The molecular formula is C8H10F3N5. The summed E-state index contributed by atoms with van der Waals surface area (Å²) in [5, 5.41) is 9.40. The van der Waals surface area contributed by atoms with E-state index in [2.05, 4.69) is 15.3 Å². The van der Waals surface area contributed by atoms with E-state index in [1.807, 2.05) is 6.92 Å². The lowest BCUT2D eigenvalue weighted by Crippen LogP contribution is -2.09. The first-order valence-corrected chi connectivity index (χ1v) is 4.72. The fourth-order valence-electron chi connectivity index (χ4n) is 1.55. The monoisotopic (exact) mass is 233 g/mol. The molecule has 3 N–H and O–H groups in total. The Balaban J connectivity index is 2.69. The Morgan fingerprint density at radius 2 is 2.12 bits per heavy atom. The number of nitrogens with two attached hydrogens (primary N) is 1. The summed E-state index contributed by atoms with van der Waals surface area (Å²) in [5.74, 6) is -0.107. The highest BCUT2D eigenvalue weighted by Gasteiger charge is 2.38. The van der Waals surface area contributed by atoms with Gasteiger partial charge in [0.25, 0.3) is 0 Å². The first-order valence-electron chi connectivity index (χ1n) is 4.72. The van der Waals surface area contributed by atoms with E-state index < -0.39 is 11.9 Å². The highest BCUT2D eigenvalue weighted by molar-refractivity contribution is 5.89. The van der Waals surface area contributed by atoms with Gasteiger partial charge in [0.1, 0.15) is 5.82 Å². The molecule has 0 aliphatic carbocycles.